The molecule has 1 atom stereocenters. The average molecular weight is 320 g/mol. The van der Waals surface area contributed by atoms with Crippen LogP contribution in [-0.2, 0) is 4.79 Å². The van der Waals surface area contributed by atoms with Gasteiger partial charge in [-0.15, -0.1) is 0 Å². The Morgan fingerprint density at radius 1 is 1.11 bits per heavy atom. The van der Waals surface area contributed by atoms with Crippen molar-refractivity contribution in [1.29, 1.82) is 0 Å². The molecule has 108 valence electrons. The van der Waals surface area contributed by atoms with Crippen molar-refractivity contribution in [3.63, 3.8) is 0 Å². The Labute approximate surface area is 122 Å². The number of unbranched alkanes of at least 4 members (excludes halogenated alkanes) is 6. The summed E-state index contributed by atoms with van der Waals surface area (Å²) in [4.78, 5) is 14.2. The largest absolute Gasteiger partial charge is 0.346 e. The molecule has 0 aromatic carbocycles. The molecule has 18 heavy (non-hydrogen) atoms. The Hall–Kier alpha value is -0.0500. The second kappa shape index (κ2) is 12.0. The molecule has 0 saturated heterocycles. The van der Waals surface area contributed by atoms with Gasteiger partial charge in [0.05, 0.1) is 0 Å². The molecule has 0 spiro atoms. The molecule has 0 aromatic heterocycles. The molecular weight excluding hydrogens is 290 g/mol. The summed E-state index contributed by atoms with van der Waals surface area (Å²) >= 11 is 3.51. The van der Waals surface area contributed by atoms with Crippen molar-refractivity contribution in [2.75, 3.05) is 13.6 Å². The van der Waals surface area contributed by atoms with Crippen LogP contribution in [0.3, 0.4) is 0 Å². The lowest BCUT2D eigenvalue weighted by Gasteiger charge is -2.17. The summed E-state index contributed by atoms with van der Waals surface area (Å²) in [5.74, 6) is 0.303. The van der Waals surface area contributed by atoms with E-state index in [0.29, 0.717) is 10.7 Å². The predicted molar refractivity (Wildman–Crippen MR) is 83.3 cm³/mol. The number of hydrogen-bond acceptors (Lipinski definition) is 1. The molecule has 0 saturated carbocycles. The molecule has 0 rings (SSSR count). The first kappa shape index (κ1) is 17.9. The number of carbonyl (C=O) groups is 1. The van der Waals surface area contributed by atoms with Gasteiger partial charge in [0.25, 0.3) is 0 Å². The zero-order chi connectivity index (χ0) is 13.8. The van der Waals surface area contributed by atoms with Crippen molar-refractivity contribution in [2.45, 2.75) is 76.5 Å². The van der Waals surface area contributed by atoms with Gasteiger partial charge in [0, 0.05) is 24.8 Å². The summed E-state index contributed by atoms with van der Waals surface area (Å²) in [6.07, 6.45) is 10.6. The van der Waals surface area contributed by atoms with E-state index in [1.165, 1.54) is 38.5 Å². The van der Waals surface area contributed by atoms with Gasteiger partial charge in [-0.2, -0.15) is 0 Å². The van der Waals surface area contributed by atoms with Crippen LogP contribution in [0.25, 0.3) is 0 Å². The van der Waals surface area contributed by atoms with Gasteiger partial charge >= 0.3 is 0 Å². The second-order valence-corrected chi connectivity index (χ2v) is 6.82. The molecular formula is C15H30BrNO. The summed E-state index contributed by atoms with van der Waals surface area (Å²) in [6.45, 7) is 5.22. The highest BCUT2D eigenvalue weighted by Gasteiger charge is 2.08. The highest BCUT2D eigenvalue weighted by Crippen LogP contribution is 2.10. The number of halogens is 1. The fraction of sp³-hybridized carbons (Fsp3) is 0.933. The molecule has 0 aliphatic heterocycles. The minimum atomic E-state index is 0.303. The third-order valence-electron chi connectivity index (χ3n) is 3.28. The second-order valence-electron chi connectivity index (χ2n) is 5.26. The molecule has 0 fully saturated rings. The SMILES string of the molecule is CCCCCCCCCC(=O)N(C)CCC(C)Br. The number of rotatable bonds is 11. The zero-order valence-electron chi connectivity index (χ0n) is 12.4. The Kier molecular flexibility index (Phi) is 12.0. The van der Waals surface area contributed by atoms with Gasteiger partial charge < -0.3 is 4.90 Å². The maximum atomic E-state index is 11.8. The van der Waals surface area contributed by atoms with Gasteiger partial charge in [-0.1, -0.05) is 68.3 Å². The van der Waals surface area contributed by atoms with Crippen molar-refractivity contribution in [3.8, 4) is 0 Å². The lowest BCUT2D eigenvalue weighted by Crippen LogP contribution is -2.28. The third kappa shape index (κ3) is 11.1. The van der Waals surface area contributed by atoms with Crippen LogP contribution in [0.5, 0.6) is 0 Å². The molecule has 0 N–H and O–H groups in total. The quantitative estimate of drug-likeness (QED) is 0.397. The van der Waals surface area contributed by atoms with E-state index in [1.807, 2.05) is 11.9 Å². The van der Waals surface area contributed by atoms with Gasteiger partial charge in [-0.25, -0.2) is 0 Å². The summed E-state index contributed by atoms with van der Waals surface area (Å²) in [7, 11) is 1.92. The first-order valence-electron chi connectivity index (χ1n) is 7.46. The summed E-state index contributed by atoms with van der Waals surface area (Å²) in [6, 6.07) is 0. The van der Waals surface area contributed by atoms with Crippen LogP contribution in [0.4, 0.5) is 0 Å². The Morgan fingerprint density at radius 3 is 2.22 bits per heavy atom. The summed E-state index contributed by atoms with van der Waals surface area (Å²) in [5, 5.41) is 0. The molecule has 0 aliphatic rings. The Bertz CT molecular complexity index is 207. The van der Waals surface area contributed by atoms with Crippen molar-refractivity contribution < 1.29 is 4.79 Å². The molecule has 0 bridgehead atoms. The molecule has 2 nitrogen and oxygen atoms in total. The van der Waals surface area contributed by atoms with Crippen molar-refractivity contribution in [3.05, 3.63) is 0 Å². The van der Waals surface area contributed by atoms with Crippen molar-refractivity contribution in [2.24, 2.45) is 0 Å². The van der Waals surface area contributed by atoms with Gasteiger partial charge in [0.2, 0.25) is 5.91 Å². The van der Waals surface area contributed by atoms with Gasteiger partial charge in [0.1, 0.15) is 0 Å². The highest BCUT2D eigenvalue weighted by atomic mass is 79.9. The Balaban J connectivity index is 3.40. The molecule has 0 aliphatic carbocycles. The zero-order valence-corrected chi connectivity index (χ0v) is 14.0. The van der Waals surface area contributed by atoms with E-state index in [9.17, 15) is 4.79 Å². The van der Waals surface area contributed by atoms with Crippen LogP contribution < -0.4 is 0 Å². The van der Waals surface area contributed by atoms with Crippen LogP contribution in [0.15, 0.2) is 0 Å². The first-order chi connectivity index (χ1) is 8.57. The fourth-order valence-corrected chi connectivity index (χ4v) is 2.13. The van der Waals surface area contributed by atoms with Crippen LogP contribution >= 0.6 is 15.9 Å². The maximum absolute atomic E-state index is 11.8. The lowest BCUT2D eigenvalue weighted by molar-refractivity contribution is -0.130. The number of hydrogen-bond donors (Lipinski definition) is 0. The normalized spacial score (nSPS) is 12.4. The molecule has 0 heterocycles. The van der Waals surface area contributed by atoms with Gasteiger partial charge in [0.15, 0.2) is 0 Å². The van der Waals surface area contributed by atoms with Crippen molar-refractivity contribution >= 4 is 21.8 Å². The predicted octanol–water partition coefficient (Wildman–Crippen LogP) is 4.76. The average Bonchev–Trinajstić information content (AvgIpc) is 2.34. The monoisotopic (exact) mass is 319 g/mol. The standard InChI is InChI=1S/C15H30BrNO/c1-4-5-6-7-8-9-10-11-15(18)17(3)13-12-14(2)16/h14H,4-13H2,1-3H3. The smallest absolute Gasteiger partial charge is 0.222 e. The van der Waals surface area contributed by atoms with E-state index in [1.54, 1.807) is 0 Å². The molecule has 1 amide bonds. The minimum absolute atomic E-state index is 0.303. The van der Waals surface area contributed by atoms with Crippen molar-refractivity contribution in [1.82, 2.24) is 4.90 Å². The molecule has 3 heteroatoms. The highest BCUT2D eigenvalue weighted by molar-refractivity contribution is 9.09. The van der Waals surface area contributed by atoms with Gasteiger partial charge in [-0.3, -0.25) is 4.79 Å². The maximum Gasteiger partial charge on any atom is 0.222 e. The number of alkyl halides is 1. The summed E-state index contributed by atoms with van der Waals surface area (Å²) in [5.41, 5.74) is 0. The van der Waals surface area contributed by atoms with E-state index in [0.717, 1.165) is 25.8 Å². The van der Waals surface area contributed by atoms with E-state index in [2.05, 4.69) is 29.8 Å². The summed E-state index contributed by atoms with van der Waals surface area (Å²) < 4.78 is 0. The van der Waals surface area contributed by atoms with E-state index < -0.39 is 0 Å². The Morgan fingerprint density at radius 2 is 1.67 bits per heavy atom. The molecule has 0 radical (unpaired) electrons. The van der Waals surface area contributed by atoms with E-state index in [4.69, 9.17) is 0 Å². The van der Waals surface area contributed by atoms with Crippen LogP contribution in [-0.4, -0.2) is 29.2 Å². The number of amides is 1. The third-order valence-corrected chi connectivity index (χ3v) is 3.74. The van der Waals surface area contributed by atoms with E-state index in [-0.39, 0.29) is 0 Å². The lowest BCUT2D eigenvalue weighted by atomic mass is 10.1. The van der Waals surface area contributed by atoms with E-state index >= 15 is 0 Å². The number of nitrogens with zero attached hydrogens (tertiary/aromatic N) is 1. The minimum Gasteiger partial charge on any atom is -0.346 e. The van der Waals surface area contributed by atoms with Crippen LogP contribution in [0.1, 0.15) is 71.6 Å². The topological polar surface area (TPSA) is 20.3 Å². The van der Waals surface area contributed by atoms with Crippen LogP contribution in [0.2, 0.25) is 0 Å². The number of carbonyl (C=O) groups excluding carboxylic acids is 1. The van der Waals surface area contributed by atoms with Gasteiger partial charge in [-0.05, 0) is 12.8 Å². The fourth-order valence-electron chi connectivity index (χ4n) is 1.92. The van der Waals surface area contributed by atoms with Crippen LogP contribution in [0, 0.1) is 0 Å². The molecule has 0 aromatic rings. The first-order valence-corrected chi connectivity index (χ1v) is 8.37. The molecule has 1 unspecified atom stereocenters.